The molecule has 96 valence electrons. The predicted molar refractivity (Wildman–Crippen MR) is 79.9 cm³/mol. The van der Waals surface area contributed by atoms with Gasteiger partial charge in [0.05, 0.1) is 4.34 Å². The van der Waals surface area contributed by atoms with Crippen LogP contribution in [0.2, 0.25) is 4.34 Å². The first-order valence-electron chi connectivity index (χ1n) is 5.97. The molecule has 2 heterocycles. The van der Waals surface area contributed by atoms with Gasteiger partial charge in [0.2, 0.25) is 0 Å². The van der Waals surface area contributed by atoms with Gasteiger partial charge in [0.15, 0.2) is 0 Å². The zero-order valence-electron chi connectivity index (χ0n) is 10.2. The van der Waals surface area contributed by atoms with Gasteiger partial charge in [-0.15, -0.1) is 11.3 Å². The Morgan fingerprint density at radius 2 is 1.94 bits per heavy atom. The number of nitrogens with zero attached hydrogens (tertiary/aromatic N) is 1. The lowest BCUT2D eigenvalue weighted by Gasteiger charge is -2.07. The summed E-state index contributed by atoms with van der Waals surface area (Å²) >= 11 is 7.52. The van der Waals surface area contributed by atoms with Crippen molar-refractivity contribution in [3.63, 3.8) is 0 Å². The Kier molecular flexibility index (Phi) is 4.84. The number of nitrogens with one attached hydrogen (secondary N) is 2. The molecule has 0 unspecified atom stereocenters. The number of thiophene rings is 1. The Morgan fingerprint density at radius 3 is 2.61 bits per heavy atom. The predicted octanol–water partition coefficient (Wildman–Crippen LogP) is 3.88. The van der Waals surface area contributed by atoms with Crippen LogP contribution in [-0.4, -0.2) is 18.1 Å². The van der Waals surface area contributed by atoms with Crippen molar-refractivity contribution in [3.8, 4) is 0 Å². The summed E-state index contributed by atoms with van der Waals surface area (Å²) in [5.74, 6) is 1.80. The highest BCUT2D eigenvalue weighted by molar-refractivity contribution is 7.16. The molecule has 0 aliphatic rings. The van der Waals surface area contributed by atoms with Crippen molar-refractivity contribution >= 4 is 34.6 Å². The Hall–Kier alpha value is -1.26. The minimum atomic E-state index is 0.845. The second-order valence-corrected chi connectivity index (χ2v) is 5.62. The summed E-state index contributed by atoms with van der Waals surface area (Å²) in [6.45, 7) is 3.80. The average Bonchev–Trinajstić information content (AvgIpc) is 2.76. The lowest BCUT2D eigenvalue weighted by molar-refractivity contribution is 1.03. The number of halogens is 1. The van der Waals surface area contributed by atoms with Crippen molar-refractivity contribution in [2.45, 2.75) is 13.3 Å². The molecule has 0 fully saturated rings. The fraction of sp³-hybridized carbons (Fsp3) is 0.308. The molecule has 0 spiro atoms. The van der Waals surface area contributed by atoms with Gasteiger partial charge in [-0.3, -0.25) is 0 Å². The summed E-state index contributed by atoms with van der Waals surface area (Å²) in [4.78, 5) is 5.74. The van der Waals surface area contributed by atoms with Gasteiger partial charge >= 0.3 is 0 Å². The fourth-order valence-corrected chi connectivity index (χ4v) is 2.70. The molecule has 2 aromatic rings. The summed E-state index contributed by atoms with van der Waals surface area (Å²) < 4.78 is 0.845. The molecule has 0 amide bonds. The van der Waals surface area contributed by atoms with Crippen LogP contribution >= 0.6 is 22.9 Å². The Balaban J connectivity index is 1.84. The Morgan fingerprint density at radius 1 is 1.17 bits per heavy atom. The van der Waals surface area contributed by atoms with E-state index in [2.05, 4.69) is 28.6 Å². The zero-order valence-corrected chi connectivity index (χ0v) is 11.8. The fourth-order valence-electron chi connectivity index (χ4n) is 1.61. The minimum absolute atomic E-state index is 0.845. The molecule has 0 aliphatic carbocycles. The number of hydrogen-bond acceptors (Lipinski definition) is 4. The van der Waals surface area contributed by atoms with E-state index in [0.717, 1.165) is 35.5 Å². The van der Waals surface area contributed by atoms with Gasteiger partial charge in [-0.1, -0.05) is 17.7 Å². The largest absolute Gasteiger partial charge is 0.370 e. The van der Waals surface area contributed by atoms with Crippen molar-refractivity contribution in [3.05, 3.63) is 39.5 Å². The Labute approximate surface area is 116 Å². The third-order valence-electron chi connectivity index (χ3n) is 2.41. The monoisotopic (exact) mass is 281 g/mol. The first-order valence-corrected chi connectivity index (χ1v) is 7.16. The van der Waals surface area contributed by atoms with Crippen LogP contribution in [0.3, 0.4) is 0 Å². The maximum absolute atomic E-state index is 5.89. The minimum Gasteiger partial charge on any atom is -0.370 e. The van der Waals surface area contributed by atoms with Gasteiger partial charge in [0, 0.05) is 18.0 Å². The van der Waals surface area contributed by atoms with E-state index < -0.39 is 0 Å². The molecule has 0 aromatic carbocycles. The van der Waals surface area contributed by atoms with Crippen LogP contribution in [0.4, 0.5) is 11.6 Å². The van der Waals surface area contributed by atoms with Crippen LogP contribution in [0.5, 0.6) is 0 Å². The van der Waals surface area contributed by atoms with Crippen LogP contribution in [0.1, 0.15) is 11.8 Å². The smallest absolute Gasteiger partial charge is 0.128 e. The highest BCUT2D eigenvalue weighted by Gasteiger charge is 1.99. The van der Waals surface area contributed by atoms with E-state index in [0.29, 0.717) is 0 Å². The van der Waals surface area contributed by atoms with E-state index in [9.17, 15) is 0 Å². The van der Waals surface area contributed by atoms with E-state index in [-0.39, 0.29) is 0 Å². The normalized spacial score (nSPS) is 10.3. The molecule has 0 saturated carbocycles. The lowest BCUT2D eigenvalue weighted by Crippen LogP contribution is -2.07. The van der Waals surface area contributed by atoms with Crippen LogP contribution in [0.15, 0.2) is 30.3 Å². The highest BCUT2D eigenvalue weighted by Crippen LogP contribution is 2.21. The summed E-state index contributed by atoms with van der Waals surface area (Å²) in [5, 5.41) is 6.51. The molecule has 0 aliphatic heterocycles. The van der Waals surface area contributed by atoms with Gasteiger partial charge in [0.25, 0.3) is 0 Å². The topological polar surface area (TPSA) is 37.0 Å². The summed E-state index contributed by atoms with van der Waals surface area (Å²) in [5.41, 5.74) is 0. The van der Waals surface area contributed by atoms with E-state index in [1.165, 1.54) is 4.88 Å². The molecule has 0 radical (unpaired) electrons. The molecule has 18 heavy (non-hydrogen) atoms. The van der Waals surface area contributed by atoms with Crippen molar-refractivity contribution in [1.29, 1.82) is 0 Å². The van der Waals surface area contributed by atoms with Crippen molar-refractivity contribution in [2.24, 2.45) is 0 Å². The van der Waals surface area contributed by atoms with Gasteiger partial charge < -0.3 is 10.6 Å². The van der Waals surface area contributed by atoms with E-state index in [1.807, 2.05) is 24.3 Å². The van der Waals surface area contributed by atoms with Gasteiger partial charge in [-0.25, -0.2) is 4.98 Å². The lowest BCUT2D eigenvalue weighted by atomic mass is 10.3. The Bertz CT molecular complexity index is 498. The van der Waals surface area contributed by atoms with Crippen LogP contribution in [0, 0.1) is 0 Å². The second-order valence-electron chi connectivity index (χ2n) is 3.82. The van der Waals surface area contributed by atoms with Gasteiger partial charge in [-0.2, -0.15) is 0 Å². The van der Waals surface area contributed by atoms with Crippen molar-refractivity contribution in [1.82, 2.24) is 4.98 Å². The van der Waals surface area contributed by atoms with Gasteiger partial charge in [0.1, 0.15) is 11.6 Å². The summed E-state index contributed by atoms with van der Waals surface area (Å²) in [6, 6.07) is 9.94. The van der Waals surface area contributed by atoms with E-state index >= 15 is 0 Å². The van der Waals surface area contributed by atoms with Gasteiger partial charge in [-0.05, 0) is 37.6 Å². The maximum Gasteiger partial charge on any atom is 0.128 e. The first-order chi connectivity index (χ1) is 8.78. The molecule has 0 atom stereocenters. The van der Waals surface area contributed by atoms with E-state index in [1.54, 1.807) is 11.3 Å². The highest BCUT2D eigenvalue weighted by atomic mass is 35.5. The number of hydrogen-bond donors (Lipinski definition) is 2. The van der Waals surface area contributed by atoms with Crippen LogP contribution in [-0.2, 0) is 6.42 Å². The number of pyridine rings is 1. The maximum atomic E-state index is 5.89. The average molecular weight is 282 g/mol. The standard InChI is InChI=1S/C13H16ClN3S/c1-2-15-12-4-3-5-13(17-12)16-9-8-10-6-7-11(14)18-10/h3-7H,2,8-9H2,1H3,(H2,15,16,17). The molecule has 0 saturated heterocycles. The zero-order chi connectivity index (χ0) is 12.8. The number of anilines is 2. The summed E-state index contributed by atoms with van der Waals surface area (Å²) in [6.07, 6.45) is 0.963. The molecule has 0 bridgehead atoms. The quantitative estimate of drug-likeness (QED) is 0.844. The number of aromatic nitrogens is 1. The third kappa shape index (κ3) is 3.89. The molecule has 5 heteroatoms. The third-order valence-corrected chi connectivity index (χ3v) is 3.70. The van der Waals surface area contributed by atoms with Crippen LogP contribution < -0.4 is 10.6 Å². The van der Waals surface area contributed by atoms with Crippen molar-refractivity contribution in [2.75, 3.05) is 23.7 Å². The van der Waals surface area contributed by atoms with Crippen molar-refractivity contribution < 1.29 is 0 Å². The van der Waals surface area contributed by atoms with Crippen LogP contribution in [0.25, 0.3) is 0 Å². The molecular formula is C13H16ClN3S. The molecule has 2 aromatic heterocycles. The molecule has 2 N–H and O–H groups in total. The second kappa shape index (κ2) is 6.61. The summed E-state index contributed by atoms with van der Waals surface area (Å²) in [7, 11) is 0. The first kappa shape index (κ1) is 13.2. The molecule has 2 rings (SSSR count). The molecule has 3 nitrogen and oxygen atoms in total. The SMILES string of the molecule is CCNc1cccc(NCCc2ccc(Cl)s2)n1. The number of rotatable bonds is 6. The van der Waals surface area contributed by atoms with E-state index in [4.69, 9.17) is 11.6 Å². The molecular weight excluding hydrogens is 266 g/mol.